The smallest absolute Gasteiger partial charge is 0.269 e. The Morgan fingerprint density at radius 2 is 1.72 bits per heavy atom. The van der Waals surface area contributed by atoms with E-state index in [2.05, 4.69) is 0 Å². The third kappa shape index (κ3) is 3.46. The zero-order valence-corrected chi connectivity index (χ0v) is 16.0. The SMILES string of the molecule is NC(=O)c1c(-c2ccccc2)c2cc(Cl)ccc2n1Cc1ccc([N+](=O)[O-])cc1. The quantitative estimate of drug-likeness (QED) is 0.373. The summed E-state index contributed by atoms with van der Waals surface area (Å²) in [5, 5.41) is 12.3. The van der Waals surface area contributed by atoms with Gasteiger partial charge in [0.05, 0.1) is 4.92 Å². The highest BCUT2D eigenvalue weighted by Crippen LogP contribution is 2.36. The lowest BCUT2D eigenvalue weighted by Gasteiger charge is -2.10. The zero-order chi connectivity index (χ0) is 20.5. The van der Waals surface area contributed by atoms with Crippen LogP contribution in [0.5, 0.6) is 0 Å². The predicted molar refractivity (Wildman–Crippen MR) is 113 cm³/mol. The molecule has 0 aliphatic carbocycles. The van der Waals surface area contributed by atoms with Gasteiger partial charge in [-0.2, -0.15) is 0 Å². The van der Waals surface area contributed by atoms with Crippen LogP contribution in [0.2, 0.25) is 5.02 Å². The summed E-state index contributed by atoms with van der Waals surface area (Å²) in [7, 11) is 0. The lowest BCUT2D eigenvalue weighted by atomic mass is 10.0. The maximum Gasteiger partial charge on any atom is 0.269 e. The summed E-state index contributed by atoms with van der Waals surface area (Å²) in [5.41, 5.74) is 9.36. The Labute approximate surface area is 171 Å². The van der Waals surface area contributed by atoms with E-state index < -0.39 is 10.8 Å². The molecule has 4 rings (SSSR count). The van der Waals surface area contributed by atoms with E-state index in [0.717, 1.165) is 27.6 Å². The largest absolute Gasteiger partial charge is 0.364 e. The molecule has 1 aromatic heterocycles. The van der Waals surface area contributed by atoms with Crippen molar-refractivity contribution in [2.75, 3.05) is 0 Å². The van der Waals surface area contributed by atoms with Gasteiger partial charge in [0.1, 0.15) is 5.69 Å². The number of nitrogens with zero attached hydrogens (tertiary/aromatic N) is 2. The van der Waals surface area contributed by atoms with Crippen LogP contribution in [0.1, 0.15) is 16.1 Å². The number of primary amides is 1. The molecule has 7 heteroatoms. The van der Waals surface area contributed by atoms with Gasteiger partial charge in [0, 0.05) is 40.2 Å². The fourth-order valence-electron chi connectivity index (χ4n) is 3.55. The van der Waals surface area contributed by atoms with Crippen molar-refractivity contribution < 1.29 is 9.72 Å². The first kappa shape index (κ1) is 18.7. The third-order valence-electron chi connectivity index (χ3n) is 4.81. The first-order valence-electron chi connectivity index (χ1n) is 8.86. The van der Waals surface area contributed by atoms with E-state index in [1.807, 2.05) is 47.0 Å². The van der Waals surface area contributed by atoms with Crippen molar-refractivity contribution in [3.8, 4) is 11.1 Å². The second kappa shape index (κ2) is 7.41. The molecule has 0 atom stereocenters. The van der Waals surface area contributed by atoms with Gasteiger partial charge in [0.25, 0.3) is 11.6 Å². The van der Waals surface area contributed by atoms with Gasteiger partial charge in [-0.15, -0.1) is 0 Å². The Bertz CT molecular complexity index is 1230. The molecule has 0 unspecified atom stereocenters. The number of aromatic nitrogens is 1. The fraction of sp³-hybridized carbons (Fsp3) is 0.0455. The fourth-order valence-corrected chi connectivity index (χ4v) is 3.72. The predicted octanol–water partition coefficient (Wildman–Crippen LogP) is 5.02. The molecule has 0 saturated carbocycles. The van der Waals surface area contributed by atoms with Crippen LogP contribution in [0, 0.1) is 10.1 Å². The molecule has 0 fully saturated rings. The lowest BCUT2D eigenvalue weighted by Crippen LogP contribution is -2.18. The summed E-state index contributed by atoms with van der Waals surface area (Å²) in [6, 6.07) is 21.2. The molecule has 29 heavy (non-hydrogen) atoms. The van der Waals surface area contributed by atoms with Crippen molar-refractivity contribution in [3.05, 3.63) is 99.2 Å². The highest BCUT2D eigenvalue weighted by Gasteiger charge is 2.22. The van der Waals surface area contributed by atoms with Gasteiger partial charge < -0.3 is 10.3 Å². The van der Waals surface area contributed by atoms with Crippen LogP contribution in [-0.2, 0) is 6.54 Å². The first-order chi connectivity index (χ1) is 14.0. The summed E-state index contributed by atoms with van der Waals surface area (Å²) in [6.45, 7) is 0.335. The molecule has 0 saturated heterocycles. The maximum atomic E-state index is 12.5. The van der Waals surface area contributed by atoms with E-state index in [1.165, 1.54) is 12.1 Å². The van der Waals surface area contributed by atoms with E-state index >= 15 is 0 Å². The van der Waals surface area contributed by atoms with Gasteiger partial charge in [-0.05, 0) is 29.3 Å². The first-order valence-corrected chi connectivity index (χ1v) is 9.24. The van der Waals surface area contributed by atoms with Crippen LogP contribution >= 0.6 is 11.6 Å². The zero-order valence-electron chi connectivity index (χ0n) is 15.2. The van der Waals surface area contributed by atoms with Crippen molar-refractivity contribution >= 4 is 34.1 Å². The van der Waals surface area contributed by atoms with E-state index in [9.17, 15) is 14.9 Å². The van der Waals surface area contributed by atoms with E-state index in [4.69, 9.17) is 17.3 Å². The third-order valence-corrected chi connectivity index (χ3v) is 5.04. The topological polar surface area (TPSA) is 91.2 Å². The number of fused-ring (bicyclic) bond motifs is 1. The van der Waals surface area contributed by atoms with Crippen molar-refractivity contribution in [1.82, 2.24) is 4.57 Å². The average Bonchev–Trinajstić information content (AvgIpc) is 3.02. The molecule has 0 aliphatic heterocycles. The van der Waals surface area contributed by atoms with Crippen molar-refractivity contribution in [3.63, 3.8) is 0 Å². The Morgan fingerprint density at radius 1 is 1.03 bits per heavy atom. The standard InChI is InChI=1S/C22H16ClN3O3/c23-16-8-11-19-18(12-16)20(15-4-2-1-3-5-15)21(22(24)27)25(19)13-14-6-9-17(10-7-14)26(28)29/h1-12H,13H2,(H2,24,27). The molecule has 4 aromatic rings. The number of hydrogen-bond acceptors (Lipinski definition) is 3. The van der Waals surface area contributed by atoms with Crippen LogP contribution in [0.15, 0.2) is 72.8 Å². The number of hydrogen-bond donors (Lipinski definition) is 1. The molecule has 3 aromatic carbocycles. The Hall–Kier alpha value is -3.64. The minimum atomic E-state index is -0.557. The molecule has 144 valence electrons. The number of nitrogens with two attached hydrogens (primary N) is 1. The molecular weight excluding hydrogens is 390 g/mol. The minimum absolute atomic E-state index is 0.0120. The van der Waals surface area contributed by atoms with Gasteiger partial charge >= 0.3 is 0 Å². The Balaban J connectivity index is 1.95. The highest BCUT2D eigenvalue weighted by molar-refractivity contribution is 6.31. The lowest BCUT2D eigenvalue weighted by molar-refractivity contribution is -0.384. The maximum absolute atomic E-state index is 12.5. The summed E-state index contributed by atoms with van der Waals surface area (Å²) >= 11 is 6.24. The van der Waals surface area contributed by atoms with E-state index in [0.29, 0.717) is 17.3 Å². The van der Waals surface area contributed by atoms with E-state index in [1.54, 1.807) is 18.2 Å². The van der Waals surface area contributed by atoms with Crippen LogP contribution in [0.25, 0.3) is 22.0 Å². The van der Waals surface area contributed by atoms with Crippen LogP contribution in [0.4, 0.5) is 5.69 Å². The summed E-state index contributed by atoms with van der Waals surface area (Å²) in [6.07, 6.45) is 0. The minimum Gasteiger partial charge on any atom is -0.364 e. The molecule has 0 aliphatic rings. The number of rotatable bonds is 5. The normalized spacial score (nSPS) is 10.9. The number of nitro groups is 1. The summed E-state index contributed by atoms with van der Waals surface area (Å²) in [5.74, 6) is -0.557. The number of benzene rings is 3. The second-order valence-electron chi connectivity index (χ2n) is 6.63. The molecular formula is C22H16ClN3O3. The van der Waals surface area contributed by atoms with Gasteiger partial charge in [-0.3, -0.25) is 14.9 Å². The summed E-state index contributed by atoms with van der Waals surface area (Å²) < 4.78 is 1.83. The average molecular weight is 406 g/mol. The molecule has 0 bridgehead atoms. The summed E-state index contributed by atoms with van der Waals surface area (Å²) in [4.78, 5) is 22.9. The number of carbonyl (C=O) groups is 1. The van der Waals surface area contributed by atoms with Gasteiger partial charge in [0.15, 0.2) is 0 Å². The number of non-ortho nitro benzene ring substituents is 1. The van der Waals surface area contributed by atoms with Crippen molar-refractivity contribution in [2.45, 2.75) is 6.54 Å². The Morgan fingerprint density at radius 3 is 2.34 bits per heavy atom. The van der Waals surface area contributed by atoms with Crippen molar-refractivity contribution in [2.24, 2.45) is 5.73 Å². The second-order valence-corrected chi connectivity index (χ2v) is 7.06. The molecule has 1 amide bonds. The number of carbonyl (C=O) groups excluding carboxylic acids is 1. The van der Waals surface area contributed by atoms with Gasteiger partial charge in [-0.25, -0.2) is 0 Å². The van der Waals surface area contributed by atoms with Crippen LogP contribution < -0.4 is 5.73 Å². The van der Waals surface area contributed by atoms with Crippen molar-refractivity contribution in [1.29, 1.82) is 0 Å². The van der Waals surface area contributed by atoms with E-state index in [-0.39, 0.29) is 5.69 Å². The Kier molecular flexibility index (Phi) is 4.78. The van der Waals surface area contributed by atoms with Gasteiger partial charge in [0.2, 0.25) is 0 Å². The molecule has 1 heterocycles. The molecule has 0 spiro atoms. The highest BCUT2D eigenvalue weighted by atomic mass is 35.5. The molecule has 2 N–H and O–H groups in total. The molecule has 6 nitrogen and oxygen atoms in total. The monoisotopic (exact) mass is 405 g/mol. The molecule has 0 radical (unpaired) electrons. The number of nitro benzene ring substituents is 1. The van der Waals surface area contributed by atoms with Gasteiger partial charge in [-0.1, -0.05) is 54.1 Å². The number of amides is 1. The number of halogens is 1. The van der Waals surface area contributed by atoms with Crippen LogP contribution in [-0.4, -0.2) is 15.4 Å². The van der Waals surface area contributed by atoms with Crippen LogP contribution in [0.3, 0.4) is 0 Å².